The van der Waals surface area contributed by atoms with Crippen LogP contribution in [0, 0.1) is 13.8 Å². The summed E-state index contributed by atoms with van der Waals surface area (Å²) in [5, 5.41) is 19.5. The monoisotopic (exact) mass is 246 g/mol. The van der Waals surface area contributed by atoms with Crippen molar-refractivity contribution >= 4 is 5.82 Å². The molecule has 2 rings (SSSR count). The van der Waals surface area contributed by atoms with Gasteiger partial charge in [-0.15, -0.1) is 15.3 Å². The van der Waals surface area contributed by atoms with E-state index in [2.05, 4.69) is 32.7 Å². The Morgan fingerprint density at radius 2 is 2.00 bits per heavy atom. The summed E-state index contributed by atoms with van der Waals surface area (Å²) in [6, 6.07) is 0. The highest BCUT2D eigenvalue weighted by atomic mass is 15.4. The van der Waals surface area contributed by atoms with Crippen LogP contribution in [0.3, 0.4) is 0 Å². The second kappa shape index (κ2) is 5.12. The van der Waals surface area contributed by atoms with Gasteiger partial charge >= 0.3 is 0 Å². The van der Waals surface area contributed by atoms with E-state index in [0.29, 0.717) is 0 Å². The van der Waals surface area contributed by atoms with Crippen LogP contribution in [0.1, 0.15) is 24.5 Å². The van der Waals surface area contributed by atoms with Crippen LogP contribution in [-0.4, -0.2) is 32.2 Å². The second-order valence-electron chi connectivity index (χ2n) is 4.24. The molecular formula is C12H18N6. The summed E-state index contributed by atoms with van der Waals surface area (Å²) in [6.07, 6.45) is 2.75. The van der Waals surface area contributed by atoms with Gasteiger partial charge in [-0.3, -0.25) is 0 Å². The fourth-order valence-corrected chi connectivity index (χ4v) is 1.90. The maximum Gasteiger partial charge on any atom is 0.151 e. The minimum Gasteiger partial charge on any atom is -0.371 e. The van der Waals surface area contributed by atoms with Crippen molar-refractivity contribution < 1.29 is 0 Å². The van der Waals surface area contributed by atoms with Crippen LogP contribution < -0.4 is 5.32 Å². The molecule has 0 saturated heterocycles. The van der Waals surface area contributed by atoms with Crippen LogP contribution >= 0.6 is 0 Å². The summed E-state index contributed by atoms with van der Waals surface area (Å²) < 4.78 is 1.87. The van der Waals surface area contributed by atoms with Crippen molar-refractivity contribution in [1.29, 1.82) is 0 Å². The molecule has 96 valence electrons. The SMILES string of the molecule is CCCn1nncc1-c1nnc(NC)c(C)c1C. The number of hydrogen-bond donors (Lipinski definition) is 1. The number of nitrogens with zero attached hydrogens (tertiary/aromatic N) is 5. The molecule has 0 radical (unpaired) electrons. The Morgan fingerprint density at radius 3 is 2.67 bits per heavy atom. The van der Waals surface area contributed by atoms with Crippen molar-refractivity contribution in [2.45, 2.75) is 33.7 Å². The van der Waals surface area contributed by atoms with E-state index in [1.54, 1.807) is 6.20 Å². The van der Waals surface area contributed by atoms with Crippen molar-refractivity contribution in [2.75, 3.05) is 12.4 Å². The van der Waals surface area contributed by atoms with Crippen LogP contribution in [-0.2, 0) is 6.54 Å². The topological polar surface area (TPSA) is 68.5 Å². The number of hydrogen-bond acceptors (Lipinski definition) is 5. The van der Waals surface area contributed by atoms with Gasteiger partial charge in [-0.05, 0) is 31.4 Å². The number of aryl methyl sites for hydroxylation is 1. The van der Waals surface area contributed by atoms with Gasteiger partial charge in [-0.1, -0.05) is 12.1 Å². The predicted octanol–water partition coefficient (Wildman–Crippen LogP) is 1.80. The van der Waals surface area contributed by atoms with Crippen LogP contribution in [0.4, 0.5) is 5.82 Å². The Morgan fingerprint density at radius 1 is 1.22 bits per heavy atom. The standard InChI is InChI=1S/C12H18N6/c1-5-6-18-10(7-14-17-18)11-8(2)9(3)12(13-4)16-15-11/h7H,5-6H2,1-4H3,(H,13,16). The largest absolute Gasteiger partial charge is 0.371 e. The molecule has 2 heterocycles. The fraction of sp³-hybridized carbons (Fsp3) is 0.500. The molecule has 0 spiro atoms. The summed E-state index contributed by atoms with van der Waals surface area (Å²) in [5.74, 6) is 0.811. The molecule has 18 heavy (non-hydrogen) atoms. The van der Waals surface area contributed by atoms with Gasteiger partial charge in [0.1, 0.15) is 11.4 Å². The number of aromatic nitrogens is 5. The Kier molecular flexibility index (Phi) is 3.55. The summed E-state index contributed by atoms with van der Waals surface area (Å²) in [6.45, 7) is 7.03. The third-order valence-corrected chi connectivity index (χ3v) is 3.06. The summed E-state index contributed by atoms with van der Waals surface area (Å²) >= 11 is 0. The Balaban J connectivity index is 2.51. The van der Waals surface area contributed by atoms with Gasteiger partial charge < -0.3 is 5.32 Å². The van der Waals surface area contributed by atoms with Crippen molar-refractivity contribution in [3.8, 4) is 11.4 Å². The van der Waals surface area contributed by atoms with Gasteiger partial charge in [0.25, 0.3) is 0 Å². The van der Waals surface area contributed by atoms with Crippen LogP contribution in [0.25, 0.3) is 11.4 Å². The van der Waals surface area contributed by atoms with E-state index in [1.165, 1.54) is 0 Å². The fourth-order valence-electron chi connectivity index (χ4n) is 1.90. The molecule has 0 amide bonds. The molecular weight excluding hydrogens is 228 g/mol. The number of rotatable bonds is 4. The number of nitrogens with one attached hydrogen (secondary N) is 1. The third-order valence-electron chi connectivity index (χ3n) is 3.06. The molecule has 2 aromatic rings. The molecule has 6 heteroatoms. The molecule has 0 bridgehead atoms. The molecule has 0 aliphatic rings. The zero-order valence-electron chi connectivity index (χ0n) is 11.2. The van der Waals surface area contributed by atoms with Gasteiger partial charge in [-0.25, -0.2) is 4.68 Å². The van der Waals surface area contributed by atoms with E-state index in [9.17, 15) is 0 Å². The van der Waals surface area contributed by atoms with Crippen molar-refractivity contribution in [3.63, 3.8) is 0 Å². The summed E-state index contributed by atoms with van der Waals surface area (Å²) in [4.78, 5) is 0. The molecule has 0 aliphatic heterocycles. The van der Waals surface area contributed by atoms with Crippen LogP contribution in [0.2, 0.25) is 0 Å². The minimum atomic E-state index is 0.811. The molecule has 0 aromatic carbocycles. The number of anilines is 1. The maximum atomic E-state index is 4.28. The summed E-state index contributed by atoms with van der Waals surface area (Å²) in [5.41, 5.74) is 3.98. The molecule has 0 aliphatic carbocycles. The van der Waals surface area contributed by atoms with E-state index in [-0.39, 0.29) is 0 Å². The highest BCUT2D eigenvalue weighted by Gasteiger charge is 2.14. The van der Waals surface area contributed by atoms with E-state index in [0.717, 1.165) is 41.3 Å². The van der Waals surface area contributed by atoms with E-state index < -0.39 is 0 Å². The zero-order valence-corrected chi connectivity index (χ0v) is 11.2. The van der Waals surface area contributed by atoms with Crippen molar-refractivity contribution in [3.05, 3.63) is 17.3 Å². The van der Waals surface area contributed by atoms with E-state index >= 15 is 0 Å². The highest BCUT2D eigenvalue weighted by molar-refractivity contribution is 5.62. The van der Waals surface area contributed by atoms with Gasteiger partial charge in [0.2, 0.25) is 0 Å². The lowest BCUT2D eigenvalue weighted by Gasteiger charge is -2.11. The van der Waals surface area contributed by atoms with Crippen LogP contribution in [0.15, 0.2) is 6.20 Å². The second-order valence-corrected chi connectivity index (χ2v) is 4.24. The minimum absolute atomic E-state index is 0.811. The first-order valence-electron chi connectivity index (χ1n) is 6.09. The highest BCUT2D eigenvalue weighted by Crippen LogP contribution is 2.24. The summed E-state index contributed by atoms with van der Waals surface area (Å²) in [7, 11) is 1.85. The quantitative estimate of drug-likeness (QED) is 0.891. The molecule has 1 N–H and O–H groups in total. The smallest absolute Gasteiger partial charge is 0.151 e. The first kappa shape index (κ1) is 12.5. The van der Waals surface area contributed by atoms with Gasteiger partial charge in [0, 0.05) is 13.6 Å². The predicted molar refractivity (Wildman–Crippen MR) is 70.4 cm³/mol. The average molecular weight is 246 g/mol. The molecule has 0 fully saturated rings. The Labute approximate surface area is 106 Å². The molecule has 6 nitrogen and oxygen atoms in total. The normalized spacial score (nSPS) is 10.7. The first-order valence-corrected chi connectivity index (χ1v) is 6.09. The molecule has 2 aromatic heterocycles. The lowest BCUT2D eigenvalue weighted by Crippen LogP contribution is -2.07. The van der Waals surface area contributed by atoms with Gasteiger partial charge in [0.15, 0.2) is 5.82 Å². The first-order chi connectivity index (χ1) is 8.69. The van der Waals surface area contributed by atoms with Crippen molar-refractivity contribution in [1.82, 2.24) is 25.2 Å². The van der Waals surface area contributed by atoms with Gasteiger partial charge in [0.05, 0.1) is 6.20 Å². The molecule has 0 atom stereocenters. The Bertz CT molecular complexity index is 545. The lowest BCUT2D eigenvalue weighted by atomic mass is 10.1. The van der Waals surface area contributed by atoms with Gasteiger partial charge in [-0.2, -0.15) is 0 Å². The molecule has 0 saturated carbocycles. The lowest BCUT2D eigenvalue weighted by molar-refractivity contribution is 0.582. The zero-order chi connectivity index (χ0) is 13.1. The molecule has 0 unspecified atom stereocenters. The van der Waals surface area contributed by atoms with E-state index in [4.69, 9.17) is 0 Å². The van der Waals surface area contributed by atoms with E-state index in [1.807, 2.05) is 25.6 Å². The van der Waals surface area contributed by atoms with Crippen molar-refractivity contribution in [2.24, 2.45) is 0 Å². The van der Waals surface area contributed by atoms with Crippen LogP contribution in [0.5, 0.6) is 0 Å². The average Bonchev–Trinajstić information content (AvgIpc) is 2.81. The maximum absolute atomic E-state index is 4.28. The third kappa shape index (κ3) is 2.05. The Hall–Kier alpha value is -1.98.